The summed E-state index contributed by atoms with van der Waals surface area (Å²) in [6, 6.07) is 43.1. The summed E-state index contributed by atoms with van der Waals surface area (Å²) in [5.74, 6) is -5.83. The van der Waals surface area contributed by atoms with Crippen LogP contribution in [0.4, 0.5) is 0 Å². The van der Waals surface area contributed by atoms with Gasteiger partial charge in [-0.2, -0.15) is 0 Å². The number of ether oxygens (including phenoxy) is 3. The monoisotopic (exact) mass is 733 g/mol. The van der Waals surface area contributed by atoms with Gasteiger partial charge in [-0.3, -0.25) is 13.9 Å². The van der Waals surface area contributed by atoms with Crippen molar-refractivity contribution in [3.05, 3.63) is 168 Å². The average Bonchev–Trinajstić information content (AvgIpc) is 3.19. The van der Waals surface area contributed by atoms with E-state index >= 15 is 4.79 Å². The first kappa shape index (κ1) is 34.3. The van der Waals surface area contributed by atoms with Gasteiger partial charge in [-0.25, -0.2) is 13.2 Å². The maximum absolute atomic E-state index is 15.0. The maximum Gasteiger partial charge on any atom is 0.413 e. The summed E-state index contributed by atoms with van der Waals surface area (Å²) in [6.45, 7) is 1.14. The van der Waals surface area contributed by atoms with Gasteiger partial charge in [0.25, 0.3) is 10.0 Å². The lowest BCUT2D eigenvalue weighted by Gasteiger charge is -2.33. The lowest BCUT2D eigenvalue weighted by Crippen LogP contribution is -2.56. The molecule has 266 valence electrons. The zero-order chi connectivity index (χ0) is 37.6. The number of hydrogen-bond donors (Lipinski definition) is 0. The molecule has 0 radical (unpaired) electrons. The van der Waals surface area contributed by atoms with E-state index < -0.39 is 39.0 Å². The molecule has 0 bridgehead atoms. The summed E-state index contributed by atoms with van der Waals surface area (Å²) in [5.41, 5.74) is -0.346. The molecule has 7 aromatic rings. The smallest absolute Gasteiger partial charge is 0.413 e. The average molecular weight is 734 g/mol. The third-order valence-electron chi connectivity index (χ3n) is 9.46. The highest BCUT2D eigenvalue weighted by molar-refractivity contribution is 7.89. The highest BCUT2D eigenvalue weighted by Crippen LogP contribution is 2.40. The van der Waals surface area contributed by atoms with Crippen molar-refractivity contribution in [1.29, 1.82) is 0 Å². The van der Waals surface area contributed by atoms with Crippen molar-refractivity contribution in [2.75, 3.05) is 7.05 Å². The van der Waals surface area contributed by atoms with Crippen LogP contribution in [-0.2, 0) is 24.3 Å². The fourth-order valence-electron chi connectivity index (χ4n) is 6.66. The minimum atomic E-state index is -4.30. The zero-order valence-corrected chi connectivity index (χ0v) is 29.9. The van der Waals surface area contributed by atoms with Gasteiger partial charge in [0, 0.05) is 35.9 Å². The second-order valence-electron chi connectivity index (χ2n) is 12.8. The van der Waals surface area contributed by atoms with E-state index in [2.05, 4.69) is 0 Å². The Balaban J connectivity index is 1.33. The van der Waals surface area contributed by atoms with Crippen molar-refractivity contribution in [3.63, 3.8) is 0 Å². The SMILES string of the molecule is CC(=O)C(Oc1cccc2ccccc12)(Oc1cccc2ccccc12)C(=O)OC1=C(C(=O)c2ccc3ccccc3c2)N(C)S(=O)(=O)c2ccccc21. The third kappa shape index (κ3) is 5.73. The summed E-state index contributed by atoms with van der Waals surface area (Å²) in [7, 11) is -3.08. The summed E-state index contributed by atoms with van der Waals surface area (Å²) in [5, 5.41) is 4.31. The number of sulfonamides is 1. The van der Waals surface area contributed by atoms with Gasteiger partial charge in [-0.1, -0.05) is 121 Å². The number of likely N-dealkylation sites (N-methyl/N-ethyl adjacent to an activating group) is 1. The Morgan fingerprint density at radius 2 is 1.11 bits per heavy atom. The van der Waals surface area contributed by atoms with E-state index in [0.29, 0.717) is 10.8 Å². The molecule has 0 atom stereocenters. The summed E-state index contributed by atoms with van der Waals surface area (Å²) in [6.07, 6.45) is 0. The number of ketones is 2. The predicted molar refractivity (Wildman–Crippen MR) is 205 cm³/mol. The summed E-state index contributed by atoms with van der Waals surface area (Å²) >= 11 is 0. The summed E-state index contributed by atoms with van der Waals surface area (Å²) in [4.78, 5) is 43.4. The molecular formula is C44H31NO8S. The first-order chi connectivity index (χ1) is 26.1. The number of esters is 1. The molecule has 1 aliphatic heterocycles. The van der Waals surface area contributed by atoms with Gasteiger partial charge >= 0.3 is 11.8 Å². The first-order valence-electron chi connectivity index (χ1n) is 17.0. The van der Waals surface area contributed by atoms with Crippen molar-refractivity contribution < 1.29 is 37.0 Å². The van der Waals surface area contributed by atoms with E-state index in [9.17, 15) is 18.0 Å². The Morgan fingerprint density at radius 3 is 1.72 bits per heavy atom. The Kier molecular flexibility index (Phi) is 8.47. The molecule has 0 N–H and O–H groups in total. The molecule has 54 heavy (non-hydrogen) atoms. The highest BCUT2D eigenvalue weighted by atomic mass is 32.2. The van der Waals surface area contributed by atoms with Crippen LogP contribution in [-0.4, -0.2) is 43.1 Å². The molecule has 1 heterocycles. The molecule has 9 nitrogen and oxygen atoms in total. The van der Waals surface area contributed by atoms with E-state index in [1.54, 1.807) is 72.8 Å². The lowest BCUT2D eigenvalue weighted by atomic mass is 10.0. The van der Waals surface area contributed by atoms with Crippen LogP contribution in [0.2, 0.25) is 0 Å². The molecule has 0 saturated carbocycles. The van der Waals surface area contributed by atoms with E-state index in [4.69, 9.17) is 14.2 Å². The fourth-order valence-corrected chi connectivity index (χ4v) is 8.06. The topological polar surface area (TPSA) is 116 Å². The van der Waals surface area contributed by atoms with Crippen LogP contribution in [0.15, 0.2) is 162 Å². The molecule has 7 aromatic carbocycles. The van der Waals surface area contributed by atoms with Gasteiger partial charge in [0.05, 0.1) is 4.90 Å². The van der Waals surface area contributed by atoms with Crippen LogP contribution in [0.1, 0.15) is 22.8 Å². The molecule has 8 rings (SSSR count). The van der Waals surface area contributed by atoms with Crippen molar-refractivity contribution >= 4 is 65.6 Å². The van der Waals surface area contributed by atoms with Crippen LogP contribution in [0.3, 0.4) is 0 Å². The van der Waals surface area contributed by atoms with Gasteiger partial charge in [-0.05, 0) is 51.9 Å². The van der Waals surface area contributed by atoms with Gasteiger partial charge in [0.2, 0.25) is 11.6 Å². The van der Waals surface area contributed by atoms with Crippen LogP contribution < -0.4 is 9.47 Å². The molecule has 10 heteroatoms. The number of allylic oxidation sites excluding steroid dienone is 1. The van der Waals surface area contributed by atoms with Crippen LogP contribution in [0, 0.1) is 0 Å². The van der Waals surface area contributed by atoms with Crippen LogP contribution >= 0.6 is 0 Å². The Labute approximate surface area is 310 Å². The quantitative estimate of drug-likeness (QED) is 0.0630. The number of carbonyl (C=O) groups is 3. The number of carbonyl (C=O) groups excluding carboxylic acids is 3. The van der Waals surface area contributed by atoms with Gasteiger partial charge < -0.3 is 14.2 Å². The zero-order valence-electron chi connectivity index (χ0n) is 29.1. The molecular weight excluding hydrogens is 703 g/mol. The molecule has 1 aliphatic rings. The van der Waals surface area contributed by atoms with Crippen molar-refractivity contribution in [2.24, 2.45) is 0 Å². The minimum absolute atomic E-state index is 0.0548. The molecule has 0 amide bonds. The van der Waals surface area contributed by atoms with Crippen LogP contribution in [0.5, 0.6) is 11.5 Å². The minimum Gasteiger partial charge on any atom is -0.437 e. The number of rotatable bonds is 9. The summed E-state index contributed by atoms with van der Waals surface area (Å²) < 4.78 is 47.7. The Morgan fingerprint density at radius 1 is 0.593 bits per heavy atom. The second-order valence-corrected chi connectivity index (χ2v) is 14.7. The molecule has 0 spiro atoms. The third-order valence-corrected chi connectivity index (χ3v) is 11.3. The largest absolute Gasteiger partial charge is 0.437 e. The van der Waals surface area contributed by atoms with Crippen molar-refractivity contribution in [2.45, 2.75) is 17.6 Å². The van der Waals surface area contributed by atoms with Crippen molar-refractivity contribution in [1.82, 2.24) is 4.31 Å². The van der Waals surface area contributed by atoms with E-state index in [1.165, 1.54) is 25.2 Å². The Bertz CT molecular complexity index is 2730. The lowest BCUT2D eigenvalue weighted by molar-refractivity contribution is -0.188. The molecule has 0 fully saturated rings. The normalized spacial score (nSPS) is 13.8. The van der Waals surface area contributed by atoms with E-state index in [-0.39, 0.29) is 33.3 Å². The number of benzene rings is 7. The number of fused-ring (bicyclic) bond motifs is 4. The molecule has 0 unspecified atom stereocenters. The van der Waals surface area contributed by atoms with Crippen LogP contribution in [0.25, 0.3) is 38.1 Å². The van der Waals surface area contributed by atoms with E-state index in [1.807, 2.05) is 60.7 Å². The van der Waals surface area contributed by atoms with E-state index in [0.717, 1.165) is 32.8 Å². The Hall–Kier alpha value is -6.78. The number of nitrogens with zero attached hydrogens (tertiary/aromatic N) is 1. The predicted octanol–water partition coefficient (Wildman–Crippen LogP) is 8.32. The van der Waals surface area contributed by atoms with Gasteiger partial charge in [-0.15, -0.1) is 0 Å². The second kappa shape index (κ2) is 13.3. The fraction of sp³-hybridized carbons (Fsp3) is 0.0682. The standard InChI is InChI=1S/C44H31NO8S/c1-28(46)44(52-37-22-11-17-30-14-5-7-19-34(30)37,53-38-23-12-18-31-15-6-8-20-35(31)38)43(48)51-42-36-21-9-10-24-39(36)54(49,50)45(2)40(42)41(47)33-26-25-29-13-3-4-16-32(29)27-33/h3-27H,1-2H3. The maximum atomic E-state index is 15.0. The molecule has 0 aliphatic carbocycles. The highest BCUT2D eigenvalue weighted by Gasteiger charge is 2.54. The molecule has 0 aromatic heterocycles. The van der Waals surface area contributed by atoms with Crippen molar-refractivity contribution in [3.8, 4) is 11.5 Å². The first-order valence-corrected chi connectivity index (χ1v) is 18.5. The molecule has 0 saturated heterocycles. The van der Waals surface area contributed by atoms with Gasteiger partial charge in [0.15, 0.2) is 5.76 Å². The number of hydrogen-bond acceptors (Lipinski definition) is 8. The number of Topliss-reactive ketones (excluding diaryl/α,β-unsaturated/α-hetero) is 2. The van der Waals surface area contributed by atoms with Gasteiger partial charge in [0.1, 0.15) is 17.2 Å².